The third-order valence-electron chi connectivity index (χ3n) is 3.21. The zero-order valence-electron chi connectivity index (χ0n) is 11.0. The molecule has 1 aromatic rings. The Balaban J connectivity index is 2.24. The van der Waals surface area contributed by atoms with Crippen LogP contribution in [0.1, 0.15) is 24.0 Å². The van der Waals surface area contributed by atoms with Gasteiger partial charge >= 0.3 is 0 Å². The second kappa shape index (κ2) is 5.61. The van der Waals surface area contributed by atoms with Crippen molar-refractivity contribution < 1.29 is 13.2 Å². The van der Waals surface area contributed by atoms with E-state index in [0.717, 1.165) is 6.42 Å². The van der Waals surface area contributed by atoms with Crippen molar-refractivity contribution in [2.24, 2.45) is 0 Å². The topological polar surface area (TPSA) is 99.1 Å². The van der Waals surface area contributed by atoms with Crippen LogP contribution in [0.25, 0.3) is 0 Å². The first kappa shape index (κ1) is 14.5. The molecule has 2 rings (SSSR count). The number of hydrogen-bond donors (Lipinski definition) is 2. The molecule has 2 N–H and O–H groups in total. The van der Waals surface area contributed by atoms with Crippen LogP contribution in [0.3, 0.4) is 0 Å². The molecule has 1 fully saturated rings. The average molecular weight is 293 g/mol. The number of nitrogens with one attached hydrogen (secondary N) is 2. The van der Waals surface area contributed by atoms with Gasteiger partial charge in [0.2, 0.25) is 15.9 Å². The van der Waals surface area contributed by atoms with E-state index in [0.29, 0.717) is 24.1 Å². The highest BCUT2D eigenvalue weighted by Gasteiger charge is 2.27. The summed E-state index contributed by atoms with van der Waals surface area (Å²) >= 11 is 0. The normalized spacial score (nSPS) is 19.2. The minimum atomic E-state index is -3.76. The van der Waals surface area contributed by atoms with Gasteiger partial charge in [0.25, 0.3) is 0 Å². The Bertz CT molecular complexity index is 677. The number of nitrogens with zero attached hydrogens (tertiary/aromatic N) is 1. The quantitative estimate of drug-likeness (QED) is 0.843. The first-order valence-electron chi connectivity index (χ1n) is 6.25. The van der Waals surface area contributed by atoms with Crippen LogP contribution in [0, 0.1) is 18.3 Å². The van der Waals surface area contributed by atoms with Crippen LogP contribution < -0.4 is 10.0 Å². The molecule has 0 bridgehead atoms. The second-order valence-electron chi connectivity index (χ2n) is 4.70. The van der Waals surface area contributed by atoms with Gasteiger partial charge in [0.1, 0.15) is 6.04 Å². The van der Waals surface area contributed by atoms with Crippen molar-refractivity contribution in [3.63, 3.8) is 0 Å². The largest absolute Gasteiger partial charge is 0.355 e. The van der Waals surface area contributed by atoms with Gasteiger partial charge in [-0.15, -0.1) is 0 Å². The first-order chi connectivity index (χ1) is 9.44. The predicted molar refractivity (Wildman–Crippen MR) is 72.2 cm³/mol. The van der Waals surface area contributed by atoms with Gasteiger partial charge < -0.3 is 5.32 Å². The summed E-state index contributed by atoms with van der Waals surface area (Å²) in [6, 6.07) is 5.52. The fourth-order valence-corrected chi connectivity index (χ4v) is 3.38. The van der Waals surface area contributed by atoms with Gasteiger partial charge in [0.05, 0.1) is 16.5 Å². The predicted octanol–water partition coefficient (Wildman–Crippen LogP) is 0.424. The molecule has 0 spiro atoms. The molecule has 1 aliphatic heterocycles. The van der Waals surface area contributed by atoms with Gasteiger partial charge in [-0.2, -0.15) is 9.98 Å². The molecule has 20 heavy (non-hydrogen) atoms. The van der Waals surface area contributed by atoms with E-state index in [1.54, 1.807) is 6.92 Å². The zero-order chi connectivity index (χ0) is 14.8. The zero-order valence-corrected chi connectivity index (χ0v) is 11.8. The number of piperidine rings is 1. The van der Waals surface area contributed by atoms with E-state index < -0.39 is 16.1 Å². The van der Waals surface area contributed by atoms with E-state index >= 15 is 0 Å². The smallest absolute Gasteiger partial charge is 0.241 e. The van der Waals surface area contributed by atoms with Crippen LogP contribution in [0.2, 0.25) is 0 Å². The number of hydrogen-bond acceptors (Lipinski definition) is 4. The second-order valence-corrected chi connectivity index (χ2v) is 6.41. The lowest BCUT2D eigenvalue weighted by molar-refractivity contribution is -0.124. The lowest BCUT2D eigenvalue weighted by Crippen LogP contribution is -2.50. The maximum absolute atomic E-state index is 12.2. The van der Waals surface area contributed by atoms with Gasteiger partial charge in [0.15, 0.2) is 0 Å². The summed E-state index contributed by atoms with van der Waals surface area (Å²) in [5.74, 6) is -0.301. The average Bonchev–Trinajstić information content (AvgIpc) is 2.41. The van der Waals surface area contributed by atoms with Gasteiger partial charge in [0, 0.05) is 6.54 Å². The molecule has 1 heterocycles. The Morgan fingerprint density at radius 1 is 1.45 bits per heavy atom. The van der Waals surface area contributed by atoms with E-state index in [-0.39, 0.29) is 10.8 Å². The molecule has 1 aromatic carbocycles. The first-order valence-corrected chi connectivity index (χ1v) is 7.73. The van der Waals surface area contributed by atoms with Crippen molar-refractivity contribution in [3.05, 3.63) is 29.3 Å². The lowest BCUT2D eigenvalue weighted by Gasteiger charge is -2.22. The third kappa shape index (κ3) is 2.98. The summed E-state index contributed by atoms with van der Waals surface area (Å²) in [4.78, 5) is 11.7. The van der Waals surface area contributed by atoms with Crippen molar-refractivity contribution >= 4 is 15.9 Å². The number of nitriles is 1. The fourth-order valence-electron chi connectivity index (χ4n) is 2.07. The van der Waals surface area contributed by atoms with Crippen LogP contribution in [0.4, 0.5) is 0 Å². The fraction of sp³-hybridized carbons (Fsp3) is 0.385. The summed E-state index contributed by atoms with van der Waals surface area (Å²) < 4.78 is 26.9. The summed E-state index contributed by atoms with van der Waals surface area (Å²) in [7, 11) is -3.76. The number of benzene rings is 1. The number of rotatable bonds is 3. The highest BCUT2D eigenvalue weighted by Crippen LogP contribution is 2.16. The van der Waals surface area contributed by atoms with Crippen LogP contribution in [0.5, 0.6) is 0 Å². The van der Waals surface area contributed by atoms with Crippen molar-refractivity contribution in [3.8, 4) is 6.07 Å². The lowest BCUT2D eigenvalue weighted by atomic mass is 10.1. The van der Waals surface area contributed by atoms with E-state index in [2.05, 4.69) is 10.0 Å². The number of amides is 1. The molecule has 0 radical (unpaired) electrons. The molecular formula is C13H15N3O3S. The van der Waals surface area contributed by atoms with E-state index in [4.69, 9.17) is 5.26 Å². The van der Waals surface area contributed by atoms with Crippen molar-refractivity contribution in [2.45, 2.75) is 30.7 Å². The highest BCUT2D eigenvalue weighted by molar-refractivity contribution is 7.89. The molecule has 0 saturated carbocycles. The Morgan fingerprint density at radius 3 is 2.80 bits per heavy atom. The van der Waals surface area contributed by atoms with Gasteiger partial charge in [-0.05, 0) is 43.5 Å². The molecule has 1 atom stereocenters. The van der Waals surface area contributed by atoms with Crippen LogP contribution >= 0.6 is 0 Å². The molecule has 1 amide bonds. The van der Waals surface area contributed by atoms with E-state index in [1.165, 1.54) is 18.2 Å². The molecule has 1 saturated heterocycles. The Labute approximate surface area is 117 Å². The van der Waals surface area contributed by atoms with Crippen LogP contribution in [0.15, 0.2) is 23.1 Å². The summed E-state index contributed by atoms with van der Waals surface area (Å²) in [6.45, 7) is 2.25. The Morgan fingerprint density at radius 2 is 2.20 bits per heavy atom. The molecule has 1 aliphatic rings. The molecule has 7 heteroatoms. The standard InChI is InChI=1S/C13H15N3O3S/c1-9-7-11(5-4-10(9)8-14)20(18,19)16-12-3-2-6-15-13(12)17/h4-5,7,12,16H,2-3,6H2,1H3,(H,15,17). The SMILES string of the molecule is Cc1cc(S(=O)(=O)NC2CCCNC2=O)ccc1C#N. The van der Waals surface area contributed by atoms with Gasteiger partial charge in [-0.3, -0.25) is 4.79 Å². The summed E-state index contributed by atoms with van der Waals surface area (Å²) in [6.07, 6.45) is 1.23. The molecule has 6 nitrogen and oxygen atoms in total. The third-order valence-corrected chi connectivity index (χ3v) is 4.68. The van der Waals surface area contributed by atoms with Crippen LogP contribution in [-0.4, -0.2) is 26.9 Å². The minimum Gasteiger partial charge on any atom is -0.355 e. The highest BCUT2D eigenvalue weighted by atomic mass is 32.2. The molecular weight excluding hydrogens is 278 g/mol. The number of sulfonamides is 1. The number of carbonyl (C=O) groups is 1. The maximum Gasteiger partial charge on any atom is 0.241 e. The Kier molecular flexibility index (Phi) is 4.06. The van der Waals surface area contributed by atoms with E-state index in [1.807, 2.05) is 6.07 Å². The molecule has 0 aliphatic carbocycles. The minimum absolute atomic E-state index is 0.0624. The molecule has 106 valence electrons. The van der Waals surface area contributed by atoms with Crippen molar-refractivity contribution in [1.29, 1.82) is 5.26 Å². The summed E-state index contributed by atoms with van der Waals surface area (Å²) in [5, 5.41) is 11.5. The van der Waals surface area contributed by atoms with Crippen LogP contribution in [-0.2, 0) is 14.8 Å². The number of aryl methyl sites for hydroxylation is 1. The monoisotopic (exact) mass is 293 g/mol. The van der Waals surface area contributed by atoms with Gasteiger partial charge in [-0.25, -0.2) is 8.42 Å². The maximum atomic E-state index is 12.2. The molecule has 0 aromatic heterocycles. The van der Waals surface area contributed by atoms with Crippen molar-refractivity contribution in [2.75, 3.05) is 6.54 Å². The summed E-state index contributed by atoms with van der Waals surface area (Å²) in [5.41, 5.74) is 1.02. The molecule has 1 unspecified atom stereocenters. The number of carbonyl (C=O) groups excluding carboxylic acids is 1. The van der Waals surface area contributed by atoms with Crippen molar-refractivity contribution in [1.82, 2.24) is 10.0 Å². The Hall–Kier alpha value is -1.91. The van der Waals surface area contributed by atoms with Gasteiger partial charge in [-0.1, -0.05) is 0 Å². The van der Waals surface area contributed by atoms with E-state index in [9.17, 15) is 13.2 Å².